The highest BCUT2D eigenvalue weighted by Gasteiger charge is 2.08. The lowest BCUT2D eigenvalue weighted by molar-refractivity contribution is 1.19. The number of hydrogen-bond acceptors (Lipinski definition) is 2. The number of halogens is 2. The number of nitrogens with one attached hydrogen (secondary N) is 1. The molecule has 0 radical (unpaired) electrons. The molecule has 1 heterocycles. The summed E-state index contributed by atoms with van der Waals surface area (Å²) in [5.41, 5.74) is 2.58. The lowest BCUT2D eigenvalue weighted by Gasteiger charge is -2.07. The molecular weight excluding hydrogens is 299 g/mol. The van der Waals surface area contributed by atoms with Gasteiger partial charge in [0.25, 0.3) is 0 Å². The molecule has 1 aromatic heterocycles. The second-order valence-corrected chi connectivity index (χ2v) is 5.35. The zero-order chi connectivity index (χ0) is 13.4. The highest BCUT2D eigenvalue weighted by atomic mass is 35.5. The number of para-hydroxylation sites is 1. The molecule has 0 bridgehead atoms. The van der Waals surface area contributed by atoms with E-state index in [2.05, 4.69) is 9.97 Å². The van der Waals surface area contributed by atoms with E-state index in [1.54, 1.807) is 6.07 Å². The van der Waals surface area contributed by atoms with Crippen LogP contribution in [0.2, 0.25) is 10.0 Å². The van der Waals surface area contributed by atoms with Gasteiger partial charge in [-0.1, -0.05) is 41.4 Å². The van der Waals surface area contributed by atoms with Gasteiger partial charge < -0.3 is 4.98 Å². The first-order chi connectivity index (χ1) is 9.13. The Kier molecular flexibility index (Phi) is 3.27. The van der Waals surface area contributed by atoms with Crippen LogP contribution in [0.15, 0.2) is 42.5 Å². The van der Waals surface area contributed by atoms with Crippen molar-refractivity contribution >= 4 is 46.3 Å². The number of fused-ring (bicyclic) bond motifs is 1. The van der Waals surface area contributed by atoms with E-state index in [0.717, 1.165) is 22.2 Å². The number of H-pyrrole nitrogens is 1. The van der Waals surface area contributed by atoms with Crippen LogP contribution in [0.25, 0.3) is 22.2 Å². The second-order valence-electron chi connectivity index (χ2n) is 4.09. The first-order valence-corrected chi connectivity index (χ1v) is 6.75. The minimum absolute atomic E-state index is 0.435. The largest absolute Gasteiger partial charge is 0.330 e. The zero-order valence-electron chi connectivity index (χ0n) is 9.65. The third-order valence-corrected chi connectivity index (χ3v) is 3.40. The highest BCUT2D eigenvalue weighted by molar-refractivity contribution is 7.71. The number of aromatic amines is 1. The number of hydrogen-bond donors (Lipinski definition) is 1. The molecule has 3 aromatic rings. The maximum atomic E-state index is 6.04. The van der Waals surface area contributed by atoms with Crippen molar-refractivity contribution in [3.05, 3.63) is 57.3 Å². The van der Waals surface area contributed by atoms with Gasteiger partial charge in [0, 0.05) is 26.5 Å². The summed E-state index contributed by atoms with van der Waals surface area (Å²) in [6, 6.07) is 13.2. The molecule has 2 aromatic carbocycles. The molecule has 0 aliphatic carbocycles. The summed E-state index contributed by atoms with van der Waals surface area (Å²) >= 11 is 17.2. The molecule has 0 atom stereocenters. The van der Waals surface area contributed by atoms with Gasteiger partial charge in [0.2, 0.25) is 0 Å². The normalized spacial score (nSPS) is 10.8. The van der Waals surface area contributed by atoms with Crippen LogP contribution in [0.5, 0.6) is 0 Å². The van der Waals surface area contributed by atoms with Crippen LogP contribution in [0.3, 0.4) is 0 Å². The quantitative estimate of drug-likeness (QED) is 0.621. The molecule has 0 unspecified atom stereocenters. The van der Waals surface area contributed by atoms with E-state index >= 15 is 0 Å². The van der Waals surface area contributed by atoms with E-state index < -0.39 is 0 Å². The van der Waals surface area contributed by atoms with Gasteiger partial charge in [-0.05, 0) is 36.5 Å². The summed E-state index contributed by atoms with van der Waals surface area (Å²) in [7, 11) is 0. The Labute approximate surface area is 125 Å². The van der Waals surface area contributed by atoms with Crippen LogP contribution in [-0.4, -0.2) is 9.97 Å². The minimum Gasteiger partial charge on any atom is -0.330 e. The first-order valence-electron chi connectivity index (χ1n) is 5.59. The fourth-order valence-electron chi connectivity index (χ4n) is 2.01. The van der Waals surface area contributed by atoms with Gasteiger partial charge in [0.15, 0.2) is 4.77 Å². The van der Waals surface area contributed by atoms with Crippen molar-refractivity contribution in [1.82, 2.24) is 9.97 Å². The molecule has 1 N–H and O–H groups in total. The monoisotopic (exact) mass is 306 g/mol. The van der Waals surface area contributed by atoms with Crippen LogP contribution in [-0.2, 0) is 0 Å². The average molecular weight is 307 g/mol. The van der Waals surface area contributed by atoms with Crippen LogP contribution in [0.4, 0.5) is 0 Å². The molecular formula is C14H8Cl2N2S. The van der Waals surface area contributed by atoms with Crippen molar-refractivity contribution in [2.24, 2.45) is 0 Å². The summed E-state index contributed by atoms with van der Waals surface area (Å²) in [5.74, 6) is 0. The molecule has 0 aliphatic rings. The Morgan fingerprint density at radius 2 is 1.68 bits per heavy atom. The number of rotatable bonds is 1. The summed E-state index contributed by atoms with van der Waals surface area (Å²) in [6.45, 7) is 0. The van der Waals surface area contributed by atoms with Gasteiger partial charge >= 0.3 is 0 Å². The lowest BCUT2D eigenvalue weighted by atomic mass is 10.1. The SMILES string of the molecule is S=c1nc(-c2cc(Cl)cc(Cl)c2)c2ccccc2[nH]1. The Balaban J connectivity index is 2.38. The number of benzene rings is 2. The molecule has 3 rings (SSSR count). The fourth-order valence-corrected chi connectivity index (χ4v) is 2.74. The molecule has 0 saturated carbocycles. The third kappa shape index (κ3) is 2.50. The molecule has 0 amide bonds. The molecule has 0 fully saturated rings. The van der Waals surface area contributed by atoms with Crippen molar-refractivity contribution in [3.63, 3.8) is 0 Å². The first kappa shape index (κ1) is 12.6. The van der Waals surface area contributed by atoms with Gasteiger partial charge in [0.1, 0.15) is 0 Å². The van der Waals surface area contributed by atoms with Crippen molar-refractivity contribution < 1.29 is 0 Å². The average Bonchev–Trinajstić information content (AvgIpc) is 2.36. The molecule has 2 nitrogen and oxygen atoms in total. The third-order valence-electron chi connectivity index (χ3n) is 2.77. The van der Waals surface area contributed by atoms with E-state index in [1.807, 2.05) is 36.4 Å². The Hall–Kier alpha value is -1.42. The lowest BCUT2D eigenvalue weighted by Crippen LogP contribution is -1.91. The highest BCUT2D eigenvalue weighted by Crippen LogP contribution is 2.30. The Morgan fingerprint density at radius 3 is 2.42 bits per heavy atom. The van der Waals surface area contributed by atoms with E-state index in [4.69, 9.17) is 35.4 Å². The topological polar surface area (TPSA) is 28.7 Å². The van der Waals surface area contributed by atoms with Crippen molar-refractivity contribution in [2.45, 2.75) is 0 Å². The maximum Gasteiger partial charge on any atom is 0.197 e. The molecule has 0 saturated heterocycles. The van der Waals surface area contributed by atoms with E-state index in [9.17, 15) is 0 Å². The van der Waals surface area contributed by atoms with Gasteiger partial charge in [-0.3, -0.25) is 0 Å². The van der Waals surface area contributed by atoms with Gasteiger partial charge in [-0.25, -0.2) is 4.98 Å². The van der Waals surface area contributed by atoms with Gasteiger partial charge in [-0.15, -0.1) is 0 Å². The standard InChI is InChI=1S/C14H8Cl2N2S/c15-9-5-8(6-10(16)7-9)13-11-3-1-2-4-12(11)17-14(19)18-13/h1-7H,(H,17,18,19). The van der Waals surface area contributed by atoms with E-state index in [0.29, 0.717) is 14.8 Å². The number of nitrogens with zero attached hydrogens (tertiary/aromatic N) is 1. The smallest absolute Gasteiger partial charge is 0.197 e. The zero-order valence-corrected chi connectivity index (χ0v) is 12.0. The Bertz CT molecular complexity index is 807. The summed E-state index contributed by atoms with van der Waals surface area (Å²) in [6.07, 6.45) is 0. The molecule has 0 spiro atoms. The van der Waals surface area contributed by atoms with Crippen LogP contribution in [0, 0.1) is 4.77 Å². The van der Waals surface area contributed by atoms with E-state index in [-0.39, 0.29) is 0 Å². The summed E-state index contributed by atoms with van der Waals surface area (Å²) in [5, 5.41) is 2.13. The molecule has 5 heteroatoms. The van der Waals surface area contributed by atoms with Crippen molar-refractivity contribution in [2.75, 3.05) is 0 Å². The van der Waals surface area contributed by atoms with Crippen molar-refractivity contribution in [3.8, 4) is 11.3 Å². The summed E-state index contributed by atoms with van der Waals surface area (Å²) < 4.78 is 0.435. The molecule has 0 aliphatic heterocycles. The Morgan fingerprint density at radius 1 is 1.00 bits per heavy atom. The maximum absolute atomic E-state index is 6.04. The van der Waals surface area contributed by atoms with Crippen LogP contribution >= 0.6 is 35.4 Å². The molecule has 19 heavy (non-hydrogen) atoms. The van der Waals surface area contributed by atoms with Crippen LogP contribution in [0.1, 0.15) is 0 Å². The fraction of sp³-hybridized carbons (Fsp3) is 0. The van der Waals surface area contributed by atoms with Gasteiger partial charge in [0.05, 0.1) is 5.69 Å². The predicted octanol–water partition coefficient (Wildman–Crippen LogP) is 5.27. The van der Waals surface area contributed by atoms with Gasteiger partial charge in [-0.2, -0.15) is 0 Å². The second kappa shape index (κ2) is 4.93. The minimum atomic E-state index is 0.435. The predicted molar refractivity (Wildman–Crippen MR) is 82.4 cm³/mol. The van der Waals surface area contributed by atoms with E-state index in [1.165, 1.54) is 0 Å². The molecule has 94 valence electrons. The number of aromatic nitrogens is 2. The van der Waals surface area contributed by atoms with Crippen LogP contribution < -0.4 is 0 Å². The van der Waals surface area contributed by atoms with Crippen molar-refractivity contribution in [1.29, 1.82) is 0 Å². The summed E-state index contributed by atoms with van der Waals surface area (Å²) in [4.78, 5) is 7.46.